The number of hydrogen-bond acceptors (Lipinski definition) is 2. The van der Waals surface area contributed by atoms with E-state index in [9.17, 15) is 9.18 Å². The molecule has 0 atom stereocenters. The fourth-order valence-corrected chi connectivity index (χ4v) is 1.46. The molecule has 0 radical (unpaired) electrons. The van der Waals surface area contributed by atoms with Gasteiger partial charge in [-0.25, -0.2) is 10.2 Å². The van der Waals surface area contributed by atoms with Gasteiger partial charge in [0.1, 0.15) is 5.82 Å². The van der Waals surface area contributed by atoms with E-state index in [0.717, 1.165) is 4.47 Å². The Labute approximate surface area is 89.6 Å². The van der Waals surface area contributed by atoms with Crippen LogP contribution in [0, 0.1) is 5.82 Å². The highest BCUT2D eigenvalue weighted by Crippen LogP contribution is 2.16. The Morgan fingerprint density at radius 3 is 2.93 bits per heavy atom. The summed E-state index contributed by atoms with van der Waals surface area (Å²) in [5.41, 5.74) is 2.50. The van der Waals surface area contributed by atoms with Crippen LogP contribution in [-0.2, 0) is 11.2 Å². The SMILES string of the molecule is NNC(=O)CCc1cc(Br)ccc1F. The first-order valence-corrected chi connectivity index (χ1v) is 4.86. The molecule has 14 heavy (non-hydrogen) atoms. The Morgan fingerprint density at radius 2 is 2.29 bits per heavy atom. The van der Waals surface area contributed by atoms with Crippen LogP contribution in [0.2, 0.25) is 0 Å². The summed E-state index contributed by atoms with van der Waals surface area (Å²) in [5.74, 6) is 4.29. The first kappa shape index (κ1) is 11.1. The van der Waals surface area contributed by atoms with Gasteiger partial charge in [0.15, 0.2) is 0 Å². The minimum absolute atomic E-state index is 0.184. The summed E-state index contributed by atoms with van der Waals surface area (Å²) in [7, 11) is 0. The molecule has 0 heterocycles. The number of benzene rings is 1. The normalized spacial score (nSPS) is 9.93. The number of carbonyl (C=O) groups is 1. The summed E-state index contributed by atoms with van der Waals surface area (Å²) in [4.78, 5) is 10.8. The molecule has 0 aliphatic carbocycles. The number of hydrogen-bond donors (Lipinski definition) is 2. The topological polar surface area (TPSA) is 55.1 Å². The lowest BCUT2D eigenvalue weighted by molar-refractivity contribution is -0.121. The third-order valence-electron chi connectivity index (χ3n) is 1.79. The van der Waals surface area contributed by atoms with E-state index in [1.54, 1.807) is 12.1 Å². The van der Waals surface area contributed by atoms with Crippen LogP contribution in [0.3, 0.4) is 0 Å². The second-order valence-corrected chi connectivity index (χ2v) is 3.72. The van der Waals surface area contributed by atoms with Crippen LogP contribution >= 0.6 is 15.9 Å². The largest absolute Gasteiger partial charge is 0.294 e. The van der Waals surface area contributed by atoms with Crippen molar-refractivity contribution in [3.8, 4) is 0 Å². The zero-order chi connectivity index (χ0) is 10.6. The van der Waals surface area contributed by atoms with E-state index in [4.69, 9.17) is 5.84 Å². The second-order valence-electron chi connectivity index (χ2n) is 2.80. The maximum Gasteiger partial charge on any atom is 0.234 e. The van der Waals surface area contributed by atoms with Gasteiger partial charge >= 0.3 is 0 Å². The Morgan fingerprint density at radius 1 is 1.57 bits per heavy atom. The summed E-state index contributed by atoms with van der Waals surface area (Å²) >= 11 is 3.23. The van der Waals surface area contributed by atoms with Crippen molar-refractivity contribution in [3.63, 3.8) is 0 Å². The molecule has 5 heteroatoms. The zero-order valence-electron chi connectivity index (χ0n) is 7.39. The monoisotopic (exact) mass is 260 g/mol. The lowest BCUT2D eigenvalue weighted by Crippen LogP contribution is -2.30. The van der Waals surface area contributed by atoms with Gasteiger partial charge in [-0.1, -0.05) is 15.9 Å². The summed E-state index contributed by atoms with van der Waals surface area (Å²) in [6, 6.07) is 4.63. The van der Waals surface area contributed by atoms with Crippen LogP contribution in [0.5, 0.6) is 0 Å². The quantitative estimate of drug-likeness (QED) is 0.492. The third kappa shape index (κ3) is 3.08. The lowest BCUT2D eigenvalue weighted by Gasteiger charge is -2.03. The predicted octanol–water partition coefficient (Wildman–Crippen LogP) is 1.51. The van der Waals surface area contributed by atoms with Gasteiger partial charge in [-0.2, -0.15) is 0 Å². The van der Waals surface area contributed by atoms with Gasteiger partial charge in [0.25, 0.3) is 0 Å². The number of carbonyl (C=O) groups excluding carboxylic acids is 1. The fraction of sp³-hybridized carbons (Fsp3) is 0.222. The molecule has 3 N–H and O–H groups in total. The summed E-state index contributed by atoms with van der Waals surface area (Å²) < 4.78 is 13.9. The van der Waals surface area contributed by atoms with E-state index in [-0.39, 0.29) is 18.1 Å². The number of nitrogens with one attached hydrogen (secondary N) is 1. The molecule has 76 valence electrons. The van der Waals surface area contributed by atoms with Gasteiger partial charge in [0.2, 0.25) is 5.91 Å². The van der Waals surface area contributed by atoms with Crippen LogP contribution in [-0.4, -0.2) is 5.91 Å². The highest BCUT2D eigenvalue weighted by molar-refractivity contribution is 9.10. The molecular weight excluding hydrogens is 251 g/mol. The molecule has 0 saturated carbocycles. The van der Waals surface area contributed by atoms with Crippen LogP contribution in [0.4, 0.5) is 4.39 Å². The molecule has 1 amide bonds. The van der Waals surface area contributed by atoms with Crippen LogP contribution < -0.4 is 11.3 Å². The average molecular weight is 261 g/mol. The molecule has 0 spiro atoms. The molecule has 0 bridgehead atoms. The van der Waals surface area contributed by atoms with Gasteiger partial charge in [-0.05, 0) is 30.2 Å². The third-order valence-corrected chi connectivity index (χ3v) is 2.28. The summed E-state index contributed by atoms with van der Waals surface area (Å²) in [5, 5.41) is 0. The van der Waals surface area contributed by atoms with Crippen molar-refractivity contribution in [2.75, 3.05) is 0 Å². The zero-order valence-corrected chi connectivity index (χ0v) is 8.97. The van der Waals surface area contributed by atoms with Gasteiger partial charge < -0.3 is 0 Å². The van der Waals surface area contributed by atoms with Crippen molar-refractivity contribution in [1.29, 1.82) is 0 Å². The first-order chi connectivity index (χ1) is 6.63. The van der Waals surface area contributed by atoms with E-state index in [0.29, 0.717) is 12.0 Å². The van der Waals surface area contributed by atoms with Crippen molar-refractivity contribution in [2.24, 2.45) is 5.84 Å². The smallest absolute Gasteiger partial charge is 0.234 e. The van der Waals surface area contributed by atoms with Crippen LogP contribution in [0.1, 0.15) is 12.0 Å². The number of rotatable bonds is 3. The fourth-order valence-electron chi connectivity index (χ4n) is 1.06. The standard InChI is InChI=1S/C9H10BrFN2O/c10-7-2-3-8(11)6(5-7)1-4-9(14)13-12/h2-3,5H,1,4,12H2,(H,13,14). The molecular formula is C9H10BrFN2O. The molecule has 0 aromatic heterocycles. The maximum absolute atomic E-state index is 13.1. The van der Waals surface area contributed by atoms with Crippen molar-refractivity contribution >= 4 is 21.8 Å². The lowest BCUT2D eigenvalue weighted by atomic mass is 10.1. The highest BCUT2D eigenvalue weighted by Gasteiger charge is 2.05. The molecule has 1 rings (SSSR count). The number of aryl methyl sites for hydroxylation is 1. The molecule has 1 aromatic carbocycles. The minimum Gasteiger partial charge on any atom is -0.294 e. The molecule has 0 unspecified atom stereocenters. The number of hydrazine groups is 1. The summed E-state index contributed by atoms with van der Waals surface area (Å²) in [6.07, 6.45) is 0.526. The number of halogens is 2. The van der Waals surface area contributed by atoms with Crippen molar-refractivity contribution in [1.82, 2.24) is 5.43 Å². The van der Waals surface area contributed by atoms with Gasteiger partial charge in [-0.3, -0.25) is 10.2 Å². The molecule has 0 saturated heterocycles. The Bertz CT molecular complexity index is 344. The summed E-state index contributed by atoms with van der Waals surface area (Å²) in [6.45, 7) is 0. The minimum atomic E-state index is -0.307. The molecule has 3 nitrogen and oxygen atoms in total. The maximum atomic E-state index is 13.1. The van der Waals surface area contributed by atoms with Crippen LogP contribution in [0.25, 0.3) is 0 Å². The first-order valence-electron chi connectivity index (χ1n) is 4.07. The Balaban J connectivity index is 2.66. The Kier molecular flexibility index (Phi) is 4.03. The number of nitrogens with two attached hydrogens (primary N) is 1. The average Bonchev–Trinajstić information content (AvgIpc) is 2.19. The van der Waals surface area contributed by atoms with E-state index >= 15 is 0 Å². The molecule has 0 aliphatic rings. The molecule has 1 aromatic rings. The van der Waals surface area contributed by atoms with Crippen LogP contribution in [0.15, 0.2) is 22.7 Å². The van der Waals surface area contributed by atoms with E-state index in [2.05, 4.69) is 15.9 Å². The van der Waals surface area contributed by atoms with Gasteiger partial charge in [-0.15, -0.1) is 0 Å². The highest BCUT2D eigenvalue weighted by atomic mass is 79.9. The van der Waals surface area contributed by atoms with Crippen molar-refractivity contribution < 1.29 is 9.18 Å². The van der Waals surface area contributed by atoms with Crippen molar-refractivity contribution in [2.45, 2.75) is 12.8 Å². The second kappa shape index (κ2) is 5.07. The number of amides is 1. The van der Waals surface area contributed by atoms with Crippen molar-refractivity contribution in [3.05, 3.63) is 34.1 Å². The predicted molar refractivity (Wildman–Crippen MR) is 54.8 cm³/mol. The van der Waals surface area contributed by atoms with Gasteiger partial charge in [0.05, 0.1) is 0 Å². The van der Waals surface area contributed by atoms with E-state index in [1.807, 2.05) is 5.43 Å². The molecule has 0 fully saturated rings. The Hall–Kier alpha value is -0.940. The van der Waals surface area contributed by atoms with E-state index in [1.165, 1.54) is 6.07 Å². The van der Waals surface area contributed by atoms with E-state index < -0.39 is 0 Å². The molecule has 0 aliphatic heterocycles. The van der Waals surface area contributed by atoms with Gasteiger partial charge in [0, 0.05) is 10.9 Å².